The van der Waals surface area contributed by atoms with Crippen molar-refractivity contribution >= 4 is 17.5 Å². The zero-order chi connectivity index (χ0) is 25.7. The van der Waals surface area contributed by atoms with Gasteiger partial charge in [-0.05, 0) is 12.1 Å². The van der Waals surface area contributed by atoms with Gasteiger partial charge in [-0.2, -0.15) is 5.10 Å². The van der Waals surface area contributed by atoms with E-state index in [2.05, 4.69) is 10.0 Å². The van der Waals surface area contributed by atoms with Crippen molar-refractivity contribution in [2.24, 2.45) is 11.0 Å². The molecular weight excluding hydrogens is 466 g/mol. The summed E-state index contributed by atoms with van der Waals surface area (Å²) in [6.07, 6.45) is 0.166. The smallest absolute Gasteiger partial charge is 0.262 e. The Kier molecular flexibility index (Phi) is 8.43. The zero-order valence-electron chi connectivity index (χ0n) is 20.7. The van der Waals surface area contributed by atoms with Crippen molar-refractivity contribution in [3.63, 3.8) is 0 Å². The minimum atomic E-state index is -0.733. The number of carbonyl (C=O) groups is 2. The Bertz CT molecular complexity index is 1120. The molecule has 0 aromatic heterocycles. The summed E-state index contributed by atoms with van der Waals surface area (Å²) in [4.78, 5) is 30.3. The third kappa shape index (κ3) is 5.96. The molecule has 1 atom stereocenters. The van der Waals surface area contributed by atoms with Gasteiger partial charge in [0.25, 0.3) is 5.91 Å². The van der Waals surface area contributed by atoms with Gasteiger partial charge in [-0.1, -0.05) is 50.2 Å². The van der Waals surface area contributed by atoms with Crippen LogP contribution in [0.1, 0.15) is 37.4 Å². The number of ether oxygens (including phenoxy) is 1. The Morgan fingerprint density at radius 1 is 1.06 bits per heavy atom. The van der Waals surface area contributed by atoms with Crippen LogP contribution in [0, 0.1) is 17.6 Å². The lowest BCUT2D eigenvalue weighted by atomic mass is 9.97. The van der Waals surface area contributed by atoms with Crippen LogP contribution in [-0.2, 0) is 14.3 Å². The topological polar surface area (TPSA) is 65.5 Å². The van der Waals surface area contributed by atoms with Crippen molar-refractivity contribution in [3.8, 4) is 0 Å². The maximum atomic E-state index is 14.8. The highest BCUT2D eigenvalue weighted by atomic mass is 19.1. The number of amides is 2. The molecule has 0 saturated carbocycles. The first-order chi connectivity index (χ1) is 17.3. The van der Waals surface area contributed by atoms with Gasteiger partial charge in [-0.3, -0.25) is 14.5 Å². The molecule has 2 aliphatic rings. The second kappa shape index (κ2) is 11.7. The first-order valence-corrected chi connectivity index (χ1v) is 12.3. The molecule has 0 N–H and O–H groups in total. The molecule has 192 valence electrons. The van der Waals surface area contributed by atoms with Crippen molar-refractivity contribution in [2.45, 2.75) is 26.3 Å². The summed E-state index contributed by atoms with van der Waals surface area (Å²) in [6.45, 7) is 7.22. The molecule has 7 nitrogen and oxygen atoms in total. The van der Waals surface area contributed by atoms with Crippen molar-refractivity contribution in [1.82, 2.24) is 14.8 Å². The quantitative estimate of drug-likeness (QED) is 0.559. The molecule has 9 heteroatoms. The second-order valence-corrected chi connectivity index (χ2v) is 9.37. The van der Waals surface area contributed by atoms with Crippen LogP contribution >= 0.6 is 0 Å². The fourth-order valence-electron chi connectivity index (χ4n) is 4.54. The minimum Gasteiger partial charge on any atom is -0.379 e. The van der Waals surface area contributed by atoms with E-state index in [-0.39, 0.29) is 30.4 Å². The molecule has 2 amide bonds. The van der Waals surface area contributed by atoms with E-state index in [1.54, 1.807) is 50.2 Å². The van der Waals surface area contributed by atoms with Crippen LogP contribution in [-0.4, -0.2) is 78.3 Å². The Hall–Kier alpha value is -3.17. The van der Waals surface area contributed by atoms with Gasteiger partial charge < -0.3 is 9.64 Å². The third-order valence-corrected chi connectivity index (χ3v) is 6.54. The molecule has 0 unspecified atom stereocenters. The normalized spacial score (nSPS) is 18.4. The van der Waals surface area contributed by atoms with Gasteiger partial charge in [0.1, 0.15) is 18.2 Å². The van der Waals surface area contributed by atoms with Crippen molar-refractivity contribution in [1.29, 1.82) is 0 Å². The molecule has 2 aliphatic heterocycles. The van der Waals surface area contributed by atoms with Gasteiger partial charge in [-0.15, -0.1) is 0 Å². The Morgan fingerprint density at radius 2 is 1.72 bits per heavy atom. The molecule has 0 bridgehead atoms. The van der Waals surface area contributed by atoms with E-state index in [0.717, 1.165) is 13.1 Å². The Balaban J connectivity index is 1.58. The predicted octanol–water partition coefficient (Wildman–Crippen LogP) is 3.46. The highest BCUT2D eigenvalue weighted by Crippen LogP contribution is 2.34. The van der Waals surface area contributed by atoms with E-state index in [9.17, 15) is 18.4 Å². The average molecular weight is 499 g/mol. The molecule has 1 fully saturated rings. The zero-order valence-corrected chi connectivity index (χ0v) is 20.7. The minimum absolute atomic E-state index is 0.142. The number of hydrazone groups is 1. The molecule has 2 heterocycles. The molecular formula is C27H32F2N4O3. The molecule has 2 aromatic rings. The lowest BCUT2D eigenvalue weighted by molar-refractivity contribution is -0.143. The van der Waals surface area contributed by atoms with E-state index >= 15 is 0 Å². The lowest BCUT2D eigenvalue weighted by Crippen LogP contribution is -2.47. The molecule has 4 rings (SSSR count). The fraction of sp³-hybridized carbons (Fsp3) is 0.444. The van der Waals surface area contributed by atoms with E-state index < -0.39 is 23.6 Å². The lowest BCUT2D eigenvalue weighted by Gasteiger charge is -2.31. The molecule has 2 aromatic carbocycles. The van der Waals surface area contributed by atoms with Crippen LogP contribution < -0.4 is 0 Å². The second-order valence-electron chi connectivity index (χ2n) is 9.37. The van der Waals surface area contributed by atoms with Crippen molar-refractivity contribution in [2.75, 3.05) is 45.9 Å². The average Bonchev–Trinajstić information content (AvgIpc) is 3.32. The fourth-order valence-corrected chi connectivity index (χ4v) is 4.54. The van der Waals surface area contributed by atoms with Gasteiger partial charge in [0.05, 0.1) is 25.0 Å². The van der Waals surface area contributed by atoms with Gasteiger partial charge in [0, 0.05) is 49.6 Å². The van der Waals surface area contributed by atoms with Crippen LogP contribution in [0.4, 0.5) is 8.78 Å². The maximum absolute atomic E-state index is 14.8. The number of hydrogen-bond donors (Lipinski definition) is 0. The van der Waals surface area contributed by atoms with Crippen molar-refractivity contribution in [3.05, 3.63) is 71.3 Å². The van der Waals surface area contributed by atoms with E-state index in [1.807, 2.05) is 0 Å². The van der Waals surface area contributed by atoms with Crippen LogP contribution in [0.2, 0.25) is 0 Å². The summed E-state index contributed by atoms with van der Waals surface area (Å²) in [5.41, 5.74) is 0.942. The summed E-state index contributed by atoms with van der Waals surface area (Å²) in [7, 11) is 0. The number of halogens is 2. The number of rotatable bonds is 8. The maximum Gasteiger partial charge on any atom is 0.262 e. The van der Waals surface area contributed by atoms with Gasteiger partial charge in [0.2, 0.25) is 5.91 Å². The largest absolute Gasteiger partial charge is 0.379 e. The van der Waals surface area contributed by atoms with Crippen molar-refractivity contribution < 1.29 is 23.1 Å². The standard InChI is InChI=1S/C27H32F2N4O3/c1-19(2)27(35)32(12-11-31-13-15-36-16-14-31)18-26(34)33-25(21-8-4-6-10-23(21)29)17-24(30-33)20-7-3-5-9-22(20)28/h3-10,19,25H,11-18H2,1-2H3/t25-/m0/s1. The van der Waals surface area contributed by atoms with E-state index in [0.29, 0.717) is 37.6 Å². The number of morpholine rings is 1. The number of carbonyl (C=O) groups excluding carboxylic acids is 2. The summed E-state index contributed by atoms with van der Waals surface area (Å²) in [5, 5.41) is 5.67. The van der Waals surface area contributed by atoms with E-state index in [4.69, 9.17) is 4.74 Å². The monoisotopic (exact) mass is 498 g/mol. The highest BCUT2D eigenvalue weighted by Gasteiger charge is 2.36. The summed E-state index contributed by atoms with van der Waals surface area (Å²) < 4.78 is 34.7. The van der Waals surface area contributed by atoms with Gasteiger partial charge in [-0.25, -0.2) is 13.8 Å². The van der Waals surface area contributed by atoms with Crippen LogP contribution in [0.5, 0.6) is 0 Å². The summed E-state index contributed by atoms with van der Waals surface area (Å²) >= 11 is 0. The number of benzene rings is 2. The molecule has 0 spiro atoms. The first-order valence-electron chi connectivity index (χ1n) is 12.3. The van der Waals surface area contributed by atoms with E-state index in [1.165, 1.54) is 22.0 Å². The first kappa shape index (κ1) is 25.9. The summed E-state index contributed by atoms with van der Waals surface area (Å²) in [5.74, 6) is -1.80. The third-order valence-electron chi connectivity index (χ3n) is 6.54. The van der Waals surface area contributed by atoms with Crippen LogP contribution in [0.3, 0.4) is 0 Å². The van der Waals surface area contributed by atoms with Crippen LogP contribution in [0.25, 0.3) is 0 Å². The number of nitrogens with zero attached hydrogens (tertiary/aromatic N) is 4. The molecule has 1 saturated heterocycles. The summed E-state index contributed by atoms with van der Waals surface area (Å²) in [6, 6.07) is 11.7. The Morgan fingerprint density at radius 3 is 2.39 bits per heavy atom. The molecule has 36 heavy (non-hydrogen) atoms. The molecule has 0 aliphatic carbocycles. The number of hydrogen-bond acceptors (Lipinski definition) is 5. The van der Waals surface area contributed by atoms with Crippen LogP contribution in [0.15, 0.2) is 53.6 Å². The van der Waals surface area contributed by atoms with Gasteiger partial charge in [0.15, 0.2) is 0 Å². The SMILES string of the molecule is CC(C)C(=O)N(CCN1CCOCC1)CC(=O)N1N=C(c2ccccc2F)C[C@H]1c1ccccc1F. The predicted molar refractivity (Wildman–Crippen MR) is 132 cm³/mol. The highest BCUT2D eigenvalue weighted by molar-refractivity contribution is 6.03. The molecule has 0 radical (unpaired) electrons. The Labute approximate surface area is 210 Å². The van der Waals surface area contributed by atoms with Gasteiger partial charge >= 0.3 is 0 Å².